The third-order valence-electron chi connectivity index (χ3n) is 8.33. The Bertz CT molecular complexity index is 2040. The number of rotatable bonds is 2. The normalized spacial score (nSPS) is 13.0. The lowest BCUT2D eigenvalue weighted by Crippen LogP contribution is -2.49. The predicted octanol–water partition coefficient (Wildman–Crippen LogP) is 7.87. The van der Waals surface area contributed by atoms with Crippen LogP contribution in [0.4, 0.5) is 0 Å². The molecule has 0 fully saturated rings. The fourth-order valence-corrected chi connectivity index (χ4v) is 9.50. The van der Waals surface area contributed by atoms with Gasteiger partial charge in [0.05, 0.1) is 23.3 Å². The van der Waals surface area contributed by atoms with Crippen molar-refractivity contribution in [1.82, 2.24) is 0 Å². The Morgan fingerprint density at radius 2 is 0.974 bits per heavy atom. The number of benzene rings is 6. The summed E-state index contributed by atoms with van der Waals surface area (Å²) in [5.41, 5.74) is 8.60. The summed E-state index contributed by atoms with van der Waals surface area (Å²) in [5.74, 6) is 0. The van der Waals surface area contributed by atoms with E-state index in [1.165, 1.54) is 54.2 Å². The average Bonchev–Trinajstić information content (AvgIpc) is 3.21. The molecule has 0 N–H and O–H groups in total. The van der Waals surface area contributed by atoms with Crippen LogP contribution in [0.5, 0.6) is 0 Å². The van der Waals surface area contributed by atoms with Gasteiger partial charge in [-0.3, -0.25) is 0 Å². The van der Waals surface area contributed by atoms with E-state index in [2.05, 4.69) is 110 Å². The Morgan fingerprint density at radius 3 is 1.51 bits per heavy atom. The predicted molar refractivity (Wildman–Crippen MR) is 164 cm³/mol. The Hall–Kier alpha value is -4.96. The molecule has 0 saturated carbocycles. The molecular formula is C36H24N2Si. The van der Waals surface area contributed by atoms with E-state index >= 15 is 0 Å². The Balaban J connectivity index is 1.67. The van der Waals surface area contributed by atoms with Gasteiger partial charge in [0.1, 0.15) is 8.07 Å². The zero-order valence-corrected chi connectivity index (χ0v) is 22.8. The van der Waals surface area contributed by atoms with Crippen LogP contribution in [0.2, 0.25) is 13.1 Å². The van der Waals surface area contributed by atoms with E-state index in [-0.39, 0.29) is 0 Å². The van der Waals surface area contributed by atoms with Gasteiger partial charge in [0.15, 0.2) is 0 Å². The standard InChI is InChI=1S/C36H24N2Si/c1-39(2)33-10-6-5-7-27(33)30-19-31-32(20-34(30)39)36(26-17-13-24(22-38)14-18-26)29-9-4-3-8-28(29)35(31)25-15-11-23(21-37)12-16-25/h3-20H,1-2H3. The molecule has 0 radical (unpaired) electrons. The highest BCUT2D eigenvalue weighted by molar-refractivity contribution is 7.04. The van der Waals surface area contributed by atoms with Crippen molar-refractivity contribution < 1.29 is 0 Å². The molecule has 3 heteroatoms. The molecule has 0 saturated heterocycles. The van der Waals surface area contributed by atoms with Crippen LogP contribution in [-0.2, 0) is 0 Å². The SMILES string of the molecule is C[Si]1(C)c2ccccc2-c2cc3c(-c4ccc(C#N)cc4)c4ccccc4c(-c4ccc(C#N)cc4)c3cc21. The van der Waals surface area contributed by atoms with Crippen molar-refractivity contribution >= 4 is 40.0 Å². The van der Waals surface area contributed by atoms with Crippen LogP contribution in [0.25, 0.3) is 54.9 Å². The van der Waals surface area contributed by atoms with Gasteiger partial charge < -0.3 is 0 Å². The minimum Gasteiger partial charge on any atom is -0.192 e. The molecule has 0 atom stereocenters. The number of nitriles is 2. The van der Waals surface area contributed by atoms with E-state index in [4.69, 9.17) is 0 Å². The first kappa shape index (κ1) is 23.2. The zero-order valence-electron chi connectivity index (χ0n) is 21.8. The van der Waals surface area contributed by atoms with E-state index in [0.29, 0.717) is 11.1 Å². The highest BCUT2D eigenvalue weighted by atomic mass is 28.3. The second-order valence-electron chi connectivity index (χ2n) is 10.8. The van der Waals surface area contributed by atoms with Crippen molar-refractivity contribution in [2.45, 2.75) is 13.1 Å². The van der Waals surface area contributed by atoms with Gasteiger partial charge in [0.25, 0.3) is 0 Å². The van der Waals surface area contributed by atoms with Crippen molar-refractivity contribution in [3.05, 3.63) is 120 Å². The van der Waals surface area contributed by atoms with Crippen LogP contribution < -0.4 is 10.4 Å². The van der Waals surface area contributed by atoms with Crippen molar-refractivity contribution in [1.29, 1.82) is 10.5 Å². The number of hydrogen-bond donors (Lipinski definition) is 0. The van der Waals surface area contributed by atoms with Gasteiger partial charge in [-0.1, -0.05) is 92.0 Å². The molecule has 6 aromatic carbocycles. The fraction of sp³-hybridized carbons (Fsp3) is 0.0556. The van der Waals surface area contributed by atoms with Gasteiger partial charge in [-0.25, -0.2) is 0 Å². The molecule has 1 heterocycles. The number of nitrogens with zero attached hydrogens (tertiary/aromatic N) is 2. The Labute approximate surface area is 229 Å². The van der Waals surface area contributed by atoms with Gasteiger partial charge in [-0.05, 0) is 95.6 Å². The van der Waals surface area contributed by atoms with Gasteiger partial charge in [0.2, 0.25) is 0 Å². The topological polar surface area (TPSA) is 47.6 Å². The van der Waals surface area contributed by atoms with Gasteiger partial charge >= 0.3 is 0 Å². The first-order valence-corrected chi connectivity index (χ1v) is 16.1. The summed E-state index contributed by atoms with van der Waals surface area (Å²) in [5, 5.41) is 26.6. The quantitative estimate of drug-likeness (QED) is 0.175. The van der Waals surface area contributed by atoms with Crippen molar-refractivity contribution in [3.8, 4) is 45.5 Å². The summed E-state index contributed by atoms with van der Waals surface area (Å²) in [7, 11) is -1.89. The molecule has 0 spiro atoms. The van der Waals surface area contributed by atoms with Crippen molar-refractivity contribution in [2.75, 3.05) is 0 Å². The first-order valence-electron chi connectivity index (χ1n) is 13.1. The monoisotopic (exact) mass is 512 g/mol. The molecule has 2 nitrogen and oxygen atoms in total. The lowest BCUT2D eigenvalue weighted by Gasteiger charge is -2.22. The summed E-state index contributed by atoms with van der Waals surface area (Å²) in [6.45, 7) is 4.90. The van der Waals surface area contributed by atoms with Gasteiger partial charge in [-0.15, -0.1) is 0 Å². The van der Waals surface area contributed by atoms with Crippen LogP contribution in [-0.4, -0.2) is 8.07 Å². The number of hydrogen-bond acceptors (Lipinski definition) is 2. The van der Waals surface area contributed by atoms with Crippen molar-refractivity contribution in [2.24, 2.45) is 0 Å². The van der Waals surface area contributed by atoms with E-state index in [0.717, 1.165) is 11.1 Å². The molecule has 39 heavy (non-hydrogen) atoms. The van der Waals surface area contributed by atoms with E-state index in [1.54, 1.807) is 0 Å². The molecule has 182 valence electrons. The summed E-state index contributed by atoms with van der Waals surface area (Å²) in [6, 6.07) is 42.8. The highest BCUT2D eigenvalue weighted by Crippen LogP contribution is 2.45. The van der Waals surface area contributed by atoms with Crippen LogP contribution in [0.3, 0.4) is 0 Å². The largest absolute Gasteiger partial charge is 0.192 e. The summed E-state index contributed by atoms with van der Waals surface area (Å²) >= 11 is 0. The summed E-state index contributed by atoms with van der Waals surface area (Å²) in [6.07, 6.45) is 0. The molecule has 0 aliphatic carbocycles. The molecule has 6 aromatic rings. The maximum absolute atomic E-state index is 9.43. The summed E-state index contributed by atoms with van der Waals surface area (Å²) < 4.78 is 0. The molecule has 0 amide bonds. The van der Waals surface area contributed by atoms with E-state index in [9.17, 15) is 10.5 Å². The average molecular weight is 513 g/mol. The minimum atomic E-state index is -1.89. The number of fused-ring (bicyclic) bond motifs is 5. The molecule has 1 aliphatic heterocycles. The van der Waals surface area contributed by atoms with E-state index < -0.39 is 8.07 Å². The third kappa shape index (κ3) is 3.38. The van der Waals surface area contributed by atoms with Crippen LogP contribution in [0.15, 0.2) is 109 Å². The van der Waals surface area contributed by atoms with Crippen molar-refractivity contribution in [3.63, 3.8) is 0 Å². The smallest absolute Gasteiger partial charge is 0.113 e. The second-order valence-corrected chi connectivity index (χ2v) is 15.1. The molecule has 0 aromatic heterocycles. The lowest BCUT2D eigenvalue weighted by atomic mass is 9.84. The lowest BCUT2D eigenvalue weighted by molar-refractivity contribution is 1.48. The van der Waals surface area contributed by atoms with Crippen LogP contribution >= 0.6 is 0 Å². The minimum absolute atomic E-state index is 0.657. The summed E-state index contributed by atoms with van der Waals surface area (Å²) in [4.78, 5) is 0. The highest BCUT2D eigenvalue weighted by Gasteiger charge is 2.38. The Morgan fingerprint density at radius 1 is 0.487 bits per heavy atom. The molecular weight excluding hydrogens is 488 g/mol. The fourth-order valence-electron chi connectivity index (χ4n) is 6.42. The first-order chi connectivity index (χ1) is 19.0. The molecule has 1 aliphatic rings. The maximum atomic E-state index is 9.43. The molecule has 0 bridgehead atoms. The molecule has 7 rings (SSSR count). The van der Waals surface area contributed by atoms with Gasteiger partial charge in [-0.2, -0.15) is 10.5 Å². The maximum Gasteiger partial charge on any atom is 0.113 e. The van der Waals surface area contributed by atoms with Gasteiger partial charge in [0, 0.05) is 0 Å². The van der Waals surface area contributed by atoms with Crippen LogP contribution in [0.1, 0.15) is 11.1 Å². The zero-order chi connectivity index (χ0) is 26.7. The third-order valence-corrected chi connectivity index (χ3v) is 11.9. The second kappa shape index (κ2) is 8.53. The van der Waals surface area contributed by atoms with E-state index in [1.807, 2.05) is 24.3 Å². The Kier molecular flexibility index (Phi) is 5.07. The molecule has 0 unspecified atom stereocenters. The van der Waals surface area contributed by atoms with Crippen LogP contribution in [0, 0.1) is 22.7 Å².